The Hall–Kier alpha value is -1.44. The molecule has 1 heterocycles. The standard InChI is InChI=1S/C20H32N2O4S/c1-16-6-8-19(9-7-16)27(24,25)13-10-20(23)21-14-17(2)22(18(3)15-21)11-5-12-26-4/h6-9,17-18H,5,10-15H2,1-4H3. The van der Waals surface area contributed by atoms with Crippen molar-refractivity contribution in [3.05, 3.63) is 29.8 Å². The predicted molar refractivity (Wildman–Crippen MR) is 107 cm³/mol. The van der Waals surface area contributed by atoms with E-state index in [4.69, 9.17) is 4.74 Å². The fourth-order valence-corrected chi connectivity index (χ4v) is 4.87. The summed E-state index contributed by atoms with van der Waals surface area (Å²) in [7, 11) is -1.73. The van der Waals surface area contributed by atoms with Crippen LogP contribution in [0.15, 0.2) is 29.2 Å². The van der Waals surface area contributed by atoms with Gasteiger partial charge < -0.3 is 9.64 Å². The van der Waals surface area contributed by atoms with Gasteiger partial charge in [0, 0.05) is 51.9 Å². The average molecular weight is 397 g/mol. The van der Waals surface area contributed by atoms with E-state index in [1.165, 1.54) is 0 Å². The Balaban J connectivity index is 1.90. The number of hydrogen-bond acceptors (Lipinski definition) is 5. The first-order valence-corrected chi connectivity index (χ1v) is 11.2. The molecule has 7 heteroatoms. The summed E-state index contributed by atoms with van der Waals surface area (Å²) in [6.07, 6.45) is 0.993. The van der Waals surface area contributed by atoms with Gasteiger partial charge in [-0.25, -0.2) is 8.42 Å². The number of ether oxygens (including phenoxy) is 1. The third-order valence-electron chi connectivity index (χ3n) is 5.18. The quantitative estimate of drug-likeness (QED) is 0.630. The Morgan fingerprint density at radius 1 is 1.15 bits per heavy atom. The van der Waals surface area contributed by atoms with Crippen molar-refractivity contribution >= 4 is 15.7 Å². The zero-order chi connectivity index (χ0) is 20.0. The normalized spacial score (nSPS) is 21.4. The van der Waals surface area contributed by atoms with E-state index < -0.39 is 9.84 Å². The number of piperazine rings is 1. The Morgan fingerprint density at radius 3 is 2.30 bits per heavy atom. The second-order valence-electron chi connectivity index (χ2n) is 7.46. The molecule has 0 N–H and O–H groups in total. The fraction of sp³-hybridized carbons (Fsp3) is 0.650. The first-order chi connectivity index (χ1) is 12.7. The van der Waals surface area contributed by atoms with Crippen LogP contribution in [-0.4, -0.2) is 75.3 Å². The van der Waals surface area contributed by atoms with Gasteiger partial charge in [0.2, 0.25) is 5.91 Å². The van der Waals surface area contributed by atoms with Gasteiger partial charge in [0.05, 0.1) is 10.6 Å². The number of amides is 1. The average Bonchev–Trinajstić information content (AvgIpc) is 2.62. The van der Waals surface area contributed by atoms with Gasteiger partial charge in [-0.15, -0.1) is 0 Å². The van der Waals surface area contributed by atoms with Gasteiger partial charge in [0.15, 0.2) is 9.84 Å². The minimum absolute atomic E-state index is 0.0271. The van der Waals surface area contributed by atoms with Gasteiger partial charge >= 0.3 is 0 Å². The number of nitrogens with zero attached hydrogens (tertiary/aromatic N) is 2. The Labute approximate surface area is 163 Å². The van der Waals surface area contributed by atoms with Gasteiger partial charge in [0.25, 0.3) is 0 Å². The molecule has 1 amide bonds. The Morgan fingerprint density at radius 2 is 1.74 bits per heavy atom. The smallest absolute Gasteiger partial charge is 0.223 e. The summed E-state index contributed by atoms with van der Waals surface area (Å²) in [4.78, 5) is 17.1. The molecule has 2 atom stereocenters. The lowest BCUT2D eigenvalue weighted by atomic mass is 10.1. The van der Waals surface area contributed by atoms with Crippen molar-refractivity contribution in [1.82, 2.24) is 9.80 Å². The summed E-state index contributed by atoms with van der Waals surface area (Å²) < 4.78 is 30.1. The first kappa shape index (κ1) is 21.9. The van der Waals surface area contributed by atoms with Crippen LogP contribution in [0, 0.1) is 6.92 Å². The molecule has 2 rings (SSSR count). The maximum atomic E-state index is 12.6. The third kappa shape index (κ3) is 6.02. The van der Waals surface area contributed by atoms with E-state index in [-0.39, 0.29) is 35.1 Å². The lowest BCUT2D eigenvalue weighted by molar-refractivity contribution is -0.135. The monoisotopic (exact) mass is 396 g/mol. The van der Waals surface area contributed by atoms with Crippen molar-refractivity contribution in [2.75, 3.05) is 39.1 Å². The van der Waals surface area contributed by atoms with Crippen molar-refractivity contribution in [2.24, 2.45) is 0 Å². The summed E-state index contributed by atoms with van der Waals surface area (Å²) in [5.74, 6) is -0.230. The zero-order valence-corrected chi connectivity index (χ0v) is 17.7. The van der Waals surface area contributed by atoms with Gasteiger partial charge in [-0.3, -0.25) is 9.69 Å². The number of carbonyl (C=O) groups excluding carboxylic acids is 1. The molecular formula is C20H32N2O4S. The largest absolute Gasteiger partial charge is 0.385 e. The van der Waals surface area contributed by atoms with Crippen LogP contribution < -0.4 is 0 Å². The molecule has 27 heavy (non-hydrogen) atoms. The molecule has 1 saturated heterocycles. The van der Waals surface area contributed by atoms with Crippen LogP contribution in [0.2, 0.25) is 0 Å². The highest BCUT2D eigenvalue weighted by molar-refractivity contribution is 7.91. The molecule has 6 nitrogen and oxygen atoms in total. The molecule has 0 saturated carbocycles. The van der Waals surface area contributed by atoms with Gasteiger partial charge in [0.1, 0.15) is 0 Å². The number of aryl methyl sites for hydroxylation is 1. The van der Waals surface area contributed by atoms with Crippen molar-refractivity contribution in [1.29, 1.82) is 0 Å². The topological polar surface area (TPSA) is 66.9 Å². The lowest BCUT2D eigenvalue weighted by Gasteiger charge is -2.44. The first-order valence-electron chi connectivity index (χ1n) is 9.56. The Kier molecular flexibility index (Phi) is 7.82. The maximum absolute atomic E-state index is 12.6. The van der Waals surface area contributed by atoms with Crippen molar-refractivity contribution in [3.63, 3.8) is 0 Å². The van der Waals surface area contributed by atoms with Crippen molar-refractivity contribution < 1.29 is 17.9 Å². The van der Waals surface area contributed by atoms with Crippen LogP contribution >= 0.6 is 0 Å². The minimum atomic E-state index is -3.44. The molecule has 0 aliphatic carbocycles. The molecule has 0 aromatic heterocycles. The number of sulfone groups is 1. The number of carbonyl (C=O) groups is 1. The molecule has 1 aromatic rings. The van der Waals surface area contributed by atoms with E-state index in [0.29, 0.717) is 13.1 Å². The number of rotatable bonds is 8. The van der Waals surface area contributed by atoms with E-state index in [1.807, 2.05) is 11.8 Å². The molecule has 0 radical (unpaired) electrons. The molecule has 1 fully saturated rings. The number of hydrogen-bond donors (Lipinski definition) is 0. The molecule has 0 bridgehead atoms. The van der Waals surface area contributed by atoms with E-state index in [0.717, 1.165) is 25.1 Å². The summed E-state index contributed by atoms with van der Waals surface area (Å²) in [6.45, 7) is 9.10. The van der Waals surface area contributed by atoms with Gasteiger partial charge in [-0.1, -0.05) is 17.7 Å². The number of benzene rings is 1. The van der Waals surface area contributed by atoms with Crippen LogP contribution in [0.3, 0.4) is 0 Å². The minimum Gasteiger partial charge on any atom is -0.385 e. The zero-order valence-electron chi connectivity index (χ0n) is 16.8. The fourth-order valence-electron chi connectivity index (χ4n) is 3.64. The molecule has 0 spiro atoms. The van der Waals surface area contributed by atoms with E-state index >= 15 is 0 Å². The second-order valence-corrected chi connectivity index (χ2v) is 9.57. The van der Waals surface area contributed by atoms with Crippen LogP contribution in [0.4, 0.5) is 0 Å². The van der Waals surface area contributed by atoms with E-state index in [2.05, 4.69) is 18.7 Å². The molecule has 1 aliphatic heterocycles. The van der Waals surface area contributed by atoms with Crippen LogP contribution in [0.25, 0.3) is 0 Å². The second kappa shape index (κ2) is 9.66. The van der Waals surface area contributed by atoms with Crippen molar-refractivity contribution in [3.8, 4) is 0 Å². The van der Waals surface area contributed by atoms with Crippen LogP contribution in [-0.2, 0) is 19.4 Å². The summed E-state index contributed by atoms with van der Waals surface area (Å²) in [5, 5.41) is 0. The van der Waals surface area contributed by atoms with Gasteiger partial charge in [-0.2, -0.15) is 0 Å². The highest BCUT2D eigenvalue weighted by Gasteiger charge is 2.31. The maximum Gasteiger partial charge on any atom is 0.223 e. The third-order valence-corrected chi connectivity index (χ3v) is 6.92. The summed E-state index contributed by atoms with van der Waals surface area (Å²) >= 11 is 0. The lowest BCUT2D eigenvalue weighted by Crippen LogP contribution is -2.58. The number of methoxy groups -OCH3 is 1. The summed E-state index contributed by atoms with van der Waals surface area (Å²) in [6, 6.07) is 7.28. The molecule has 2 unspecified atom stereocenters. The summed E-state index contributed by atoms with van der Waals surface area (Å²) in [5.41, 5.74) is 1.01. The molecular weight excluding hydrogens is 364 g/mol. The van der Waals surface area contributed by atoms with Crippen LogP contribution in [0.5, 0.6) is 0 Å². The molecule has 1 aliphatic rings. The van der Waals surface area contributed by atoms with Crippen LogP contribution in [0.1, 0.15) is 32.3 Å². The predicted octanol–water partition coefficient (Wildman–Crippen LogP) is 2.12. The highest BCUT2D eigenvalue weighted by atomic mass is 32.2. The molecule has 1 aromatic carbocycles. The Bertz CT molecular complexity index is 706. The SMILES string of the molecule is COCCCN1C(C)CN(C(=O)CCS(=O)(=O)c2ccc(C)cc2)CC1C. The van der Waals surface area contributed by atoms with Crippen molar-refractivity contribution in [2.45, 2.75) is 50.6 Å². The van der Waals surface area contributed by atoms with Gasteiger partial charge in [-0.05, 0) is 39.3 Å². The van der Waals surface area contributed by atoms with E-state index in [1.54, 1.807) is 31.4 Å². The van der Waals surface area contributed by atoms with E-state index in [9.17, 15) is 13.2 Å². The highest BCUT2D eigenvalue weighted by Crippen LogP contribution is 2.18. The molecule has 152 valence electrons.